The fourth-order valence-corrected chi connectivity index (χ4v) is 4.11. The van der Waals surface area contributed by atoms with Crippen molar-refractivity contribution in [3.8, 4) is 5.75 Å². The second-order valence-corrected chi connectivity index (χ2v) is 8.47. The zero-order valence-corrected chi connectivity index (χ0v) is 17.6. The van der Waals surface area contributed by atoms with E-state index in [1.165, 1.54) is 22.7 Å². The van der Waals surface area contributed by atoms with Crippen LogP contribution in [-0.4, -0.2) is 21.8 Å². The second-order valence-electron chi connectivity index (χ2n) is 6.15. The Morgan fingerprint density at radius 2 is 2.15 bits per heavy atom. The van der Waals surface area contributed by atoms with Gasteiger partial charge in [0.05, 0.1) is 17.1 Å². The normalized spacial score (nSPS) is 12.0. The SMILES string of the molecule is CC[C@@H](C)N(Cc1csc(COc2cccc(Cl)c2)n1)C(=O)c1cccs1. The summed E-state index contributed by atoms with van der Waals surface area (Å²) < 4.78 is 5.75. The predicted octanol–water partition coefficient (Wildman–Crippen LogP) is 5.88. The van der Waals surface area contributed by atoms with E-state index in [-0.39, 0.29) is 11.9 Å². The Kier molecular flexibility index (Phi) is 6.88. The average Bonchev–Trinajstić information content (AvgIpc) is 3.35. The van der Waals surface area contributed by atoms with Gasteiger partial charge in [-0.05, 0) is 43.0 Å². The lowest BCUT2D eigenvalue weighted by Gasteiger charge is -2.27. The van der Waals surface area contributed by atoms with Gasteiger partial charge in [-0.2, -0.15) is 0 Å². The van der Waals surface area contributed by atoms with Crippen molar-refractivity contribution in [2.45, 2.75) is 39.5 Å². The number of rotatable bonds is 8. The standard InChI is InChI=1S/C20H21ClN2O2S2/c1-3-14(2)23(20(24)18-8-5-9-26-18)11-16-13-27-19(22-16)12-25-17-7-4-6-15(21)10-17/h4-10,13-14H,3,11-12H2,1-2H3/t14-/m1/s1. The third-order valence-corrected chi connectivity index (χ3v) is 6.17. The van der Waals surface area contributed by atoms with Crippen LogP contribution in [-0.2, 0) is 13.2 Å². The highest BCUT2D eigenvalue weighted by molar-refractivity contribution is 7.12. The Morgan fingerprint density at radius 3 is 2.85 bits per heavy atom. The van der Waals surface area contributed by atoms with Crippen LogP contribution < -0.4 is 4.74 Å². The molecule has 1 atom stereocenters. The molecule has 0 radical (unpaired) electrons. The fourth-order valence-electron chi connectivity index (χ4n) is 2.55. The molecule has 0 aliphatic rings. The Hall–Kier alpha value is -1.89. The summed E-state index contributed by atoms with van der Waals surface area (Å²) in [5.74, 6) is 0.775. The lowest BCUT2D eigenvalue weighted by atomic mass is 10.2. The van der Waals surface area contributed by atoms with E-state index in [9.17, 15) is 4.79 Å². The molecular weight excluding hydrogens is 400 g/mol. The van der Waals surface area contributed by atoms with Crippen LogP contribution in [0.4, 0.5) is 0 Å². The van der Waals surface area contributed by atoms with Gasteiger partial charge in [-0.25, -0.2) is 4.98 Å². The molecule has 0 unspecified atom stereocenters. The Labute approximate surface area is 172 Å². The van der Waals surface area contributed by atoms with Crippen molar-refractivity contribution in [1.29, 1.82) is 0 Å². The first-order valence-electron chi connectivity index (χ1n) is 8.73. The van der Waals surface area contributed by atoms with Crippen LogP contribution in [0.1, 0.15) is 40.6 Å². The van der Waals surface area contributed by atoms with E-state index in [0.29, 0.717) is 23.9 Å². The Morgan fingerprint density at radius 1 is 1.30 bits per heavy atom. The van der Waals surface area contributed by atoms with Crippen molar-refractivity contribution >= 4 is 40.2 Å². The van der Waals surface area contributed by atoms with Crippen molar-refractivity contribution in [3.63, 3.8) is 0 Å². The van der Waals surface area contributed by atoms with Crippen LogP contribution in [0.25, 0.3) is 0 Å². The molecule has 3 aromatic rings. The fraction of sp³-hybridized carbons (Fsp3) is 0.300. The van der Waals surface area contributed by atoms with Gasteiger partial charge in [0, 0.05) is 16.4 Å². The largest absolute Gasteiger partial charge is 0.486 e. The smallest absolute Gasteiger partial charge is 0.264 e. The number of carbonyl (C=O) groups is 1. The molecule has 0 spiro atoms. The van der Waals surface area contributed by atoms with E-state index < -0.39 is 0 Å². The van der Waals surface area contributed by atoms with E-state index in [4.69, 9.17) is 16.3 Å². The summed E-state index contributed by atoms with van der Waals surface area (Å²) in [5, 5.41) is 5.44. The van der Waals surface area contributed by atoms with Gasteiger partial charge in [-0.1, -0.05) is 30.7 Å². The molecule has 0 N–H and O–H groups in total. The zero-order chi connectivity index (χ0) is 19.2. The zero-order valence-electron chi connectivity index (χ0n) is 15.2. The molecule has 2 heterocycles. The molecule has 3 rings (SSSR count). The first-order valence-corrected chi connectivity index (χ1v) is 10.9. The summed E-state index contributed by atoms with van der Waals surface area (Å²) in [6.45, 7) is 5.04. The summed E-state index contributed by atoms with van der Waals surface area (Å²) in [6.07, 6.45) is 0.895. The molecule has 1 amide bonds. The number of ether oxygens (including phenoxy) is 1. The van der Waals surface area contributed by atoms with E-state index in [1.807, 2.05) is 46.0 Å². The quantitative estimate of drug-likeness (QED) is 0.457. The molecule has 4 nitrogen and oxygen atoms in total. The molecule has 2 aromatic heterocycles. The number of hydrogen-bond donors (Lipinski definition) is 0. The Bertz CT molecular complexity index is 880. The van der Waals surface area contributed by atoms with Gasteiger partial charge in [0.15, 0.2) is 0 Å². The summed E-state index contributed by atoms with van der Waals surface area (Å²) >= 11 is 8.98. The molecule has 1 aromatic carbocycles. The minimum Gasteiger partial charge on any atom is -0.486 e. The van der Waals surface area contributed by atoms with E-state index in [2.05, 4.69) is 18.8 Å². The minimum absolute atomic E-state index is 0.0593. The number of thiazole rings is 1. The molecule has 0 aliphatic carbocycles. The molecule has 0 aliphatic heterocycles. The summed E-state index contributed by atoms with van der Waals surface area (Å²) in [5.41, 5.74) is 0.884. The van der Waals surface area contributed by atoms with E-state index in [0.717, 1.165) is 22.0 Å². The van der Waals surface area contributed by atoms with E-state index in [1.54, 1.807) is 6.07 Å². The summed E-state index contributed by atoms with van der Waals surface area (Å²) in [4.78, 5) is 20.1. The predicted molar refractivity (Wildman–Crippen MR) is 112 cm³/mol. The summed E-state index contributed by atoms with van der Waals surface area (Å²) in [7, 11) is 0. The number of nitrogens with zero attached hydrogens (tertiary/aromatic N) is 2. The number of carbonyl (C=O) groups excluding carboxylic acids is 1. The molecule has 0 saturated carbocycles. The third-order valence-electron chi connectivity index (χ3n) is 4.21. The Balaban J connectivity index is 1.66. The first-order chi connectivity index (χ1) is 13.1. The maximum absolute atomic E-state index is 12.8. The second kappa shape index (κ2) is 9.35. The number of halogens is 1. The maximum atomic E-state index is 12.8. The lowest BCUT2D eigenvalue weighted by Crippen LogP contribution is -2.37. The number of aromatic nitrogens is 1. The molecule has 142 valence electrons. The van der Waals surface area contributed by atoms with Crippen LogP contribution in [0, 0.1) is 0 Å². The topological polar surface area (TPSA) is 42.4 Å². The van der Waals surface area contributed by atoms with Crippen molar-refractivity contribution < 1.29 is 9.53 Å². The molecule has 0 fully saturated rings. The van der Waals surface area contributed by atoms with Crippen molar-refractivity contribution in [2.75, 3.05) is 0 Å². The molecule has 27 heavy (non-hydrogen) atoms. The van der Waals surface area contributed by atoms with Crippen molar-refractivity contribution in [3.05, 3.63) is 67.8 Å². The number of thiophene rings is 1. The minimum atomic E-state index is 0.0593. The van der Waals surface area contributed by atoms with Gasteiger partial charge in [-0.15, -0.1) is 22.7 Å². The van der Waals surface area contributed by atoms with Crippen molar-refractivity contribution in [2.24, 2.45) is 0 Å². The van der Waals surface area contributed by atoms with Crippen LogP contribution in [0.15, 0.2) is 47.2 Å². The first kappa shape index (κ1) is 19.9. The van der Waals surface area contributed by atoms with Crippen LogP contribution >= 0.6 is 34.3 Å². The van der Waals surface area contributed by atoms with Crippen molar-refractivity contribution in [1.82, 2.24) is 9.88 Å². The van der Waals surface area contributed by atoms with Gasteiger partial charge in [0.25, 0.3) is 5.91 Å². The number of amides is 1. The number of benzene rings is 1. The van der Waals surface area contributed by atoms with Gasteiger partial charge in [-0.3, -0.25) is 4.79 Å². The van der Waals surface area contributed by atoms with Crippen LogP contribution in [0.2, 0.25) is 5.02 Å². The lowest BCUT2D eigenvalue weighted by molar-refractivity contribution is 0.0674. The van der Waals surface area contributed by atoms with Crippen LogP contribution in [0.3, 0.4) is 0 Å². The monoisotopic (exact) mass is 420 g/mol. The highest BCUT2D eigenvalue weighted by atomic mass is 35.5. The average molecular weight is 421 g/mol. The molecule has 0 saturated heterocycles. The van der Waals surface area contributed by atoms with Gasteiger partial charge in [0.2, 0.25) is 0 Å². The maximum Gasteiger partial charge on any atom is 0.264 e. The van der Waals surface area contributed by atoms with E-state index >= 15 is 0 Å². The summed E-state index contributed by atoms with van der Waals surface area (Å²) in [6, 6.07) is 11.2. The number of hydrogen-bond acceptors (Lipinski definition) is 5. The molecular formula is C20H21ClN2O2S2. The van der Waals surface area contributed by atoms with Gasteiger partial charge in [0.1, 0.15) is 17.4 Å². The van der Waals surface area contributed by atoms with Gasteiger partial charge >= 0.3 is 0 Å². The van der Waals surface area contributed by atoms with Crippen LogP contribution in [0.5, 0.6) is 5.75 Å². The highest BCUT2D eigenvalue weighted by Crippen LogP contribution is 2.22. The highest BCUT2D eigenvalue weighted by Gasteiger charge is 2.22. The molecule has 0 bridgehead atoms. The van der Waals surface area contributed by atoms with Gasteiger partial charge < -0.3 is 9.64 Å². The molecule has 7 heteroatoms. The third kappa shape index (κ3) is 5.31.